The first-order valence-corrected chi connectivity index (χ1v) is 10.3. The number of amides is 1. The van der Waals surface area contributed by atoms with E-state index in [9.17, 15) is 4.79 Å². The monoisotopic (exact) mass is 411 g/mol. The first kappa shape index (κ1) is 21.5. The molecule has 10 heteroatoms. The summed E-state index contributed by atoms with van der Waals surface area (Å²) >= 11 is 0. The Morgan fingerprint density at radius 3 is 3.10 bits per heavy atom. The van der Waals surface area contributed by atoms with Gasteiger partial charge in [-0.2, -0.15) is 15.3 Å². The number of likely N-dealkylation sites (tertiary alicyclic amines) is 1. The Bertz CT molecular complexity index is 873. The van der Waals surface area contributed by atoms with Crippen LogP contribution in [0.4, 0.5) is 17.5 Å². The summed E-state index contributed by atoms with van der Waals surface area (Å²) in [6.07, 6.45) is 7.92. The van der Waals surface area contributed by atoms with Crippen LogP contribution in [0, 0.1) is 11.3 Å². The van der Waals surface area contributed by atoms with Gasteiger partial charge in [0.2, 0.25) is 11.9 Å². The van der Waals surface area contributed by atoms with Crippen LogP contribution >= 0.6 is 0 Å². The summed E-state index contributed by atoms with van der Waals surface area (Å²) in [5, 5.41) is 22.3. The van der Waals surface area contributed by atoms with Gasteiger partial charge >= 0.3 is 0 Å². The van der Waals surface area contributed by atoms with E-state index in [1.165, 1.54) is 0 Å². The average molecular weight is 412 g/mol. The maximum Gasteiger partial charge on any atom is 0.241 e. The second kappa shape index (κ2) is 10.5. The van der Waals surface area contributed by atoms with Crippen LogP contribution in [-0.2, 0) is 11.3 Å². The van der Waals surface area contributed by atoms with Gasteiger partial charge in [0.25, 0.3) is 0 Å². The Morgan fingerprint density at radius 1 is 1.43 bits per heavy atom. The summed E-state index contributed by atoms with van der Waals surface area (Å²) in [5.74, 6) is 1.11. The molecule has 30 heavy (non-hydrogen) atoms. The first-order chi connectivity index (χ1) is 14.5. The lowest BCUT2D eigenvalue weighted by molar-refractivity contribution is -0.122. The number of nitriles is 1. The van der Waals surface area contributed by atoms with Crippen molar-refractivity contribution in [1.82, 2.24) is 30.0 Å². The third kappa shape index (κ3) is 6.42. The summed E-state index contributed by atoms with van der Waals surface area (Å²) in [7, 11) is 0. The molecule has 2 aromatic heterocycles. The molecule has 0 spiro atoms. The standard InChI is InChI=1S/C20H29N9O/c1-15(2)25-19(30)14-29-13-16(11-24-29)26-20-22-8-6-18(27-20)23-12-17-5-3-9-28(17)10-4-7-21/h6,8,11,13,15,17H,3-5,9-10,12,14H2,1-2H3,(H,25,30)(H2,22,23,26,27)/t17-/m1/s1. The summed E-state index contributed by atoms with van der Waals surface area (Å²) in [6, 6.07) is 4.56. The van der Waals surface area contributed by atoms with E-state index in [0.717, 1.165) is 38.3 Å². The Morgan fingerprint density at radius 2 is 2.30 bits per heavy atom. The van der Waals surface area contributed by atoms with Crippen molar-refractivity contribution >= 4 is 23.4 Å². The maximum absolute atomic E-state index is 11.9. The van der Waals surface area contributed by atoms with E-state index in [2.05, 4.69) is 42.0 Å². The van der Waals surface area contributed by atoms with Crippen molar-refractivity contribution in [1.29, 1.82) is 5.26 Å². The number of nitrogens with one attached hydrogen (secondary N) is 3. The molecule has 1 aliphatic heterocycles. The second-order valence-electron chi connectivity index (χ2n) is 7.66. The quantitative estimate of drug-likeness (QED) is 0.540. The highest BCUT2D eigenvalue weighted by molar-refractivity contribution is 5.76. The lowest BCUT2D eigenvalue weighted by Gasteiger charge is -2.23. The minimum atomic E-state index is -0.0853. The highest BCUT2D eigenvalue weighted by Crippen LogP contribution is 2.18. The molecule has 3 heterocycles. The van der Waals surface area contributed by atoms with Gasteiger partial charge in [-0.25, -0.2) is 4.98 Å². The highest BCUT2D eigenvalue weighted by Gasteiger charge is 2.23. The van der Waals surface area contributed by atoms with E-state index in [0.29, 0.717) is 24.1 Å². The number of hydrogen-bond acceptors (Lipinski definition) is 8. The Hall–Kier alpha value is -3.19. The SMILES string of the molecule is CC(C)NC(=O)Cn1cc(Nc2nccc(NC[C@H]3CCCN3CCC#N)n2)cn1. The first-order valence-electron chi connectivity index (χ1n) is 10.3. The van der Waals surface area contributed by atoms with Crippen LogP contribution in [0.15, 0.2) is 24.7 Å². The largest absolute Gasteiger partial charge is 0.368 e. The molecule has 0 unspecified atom stereocenters. The van der Waals surface area contributed by atoms with Gasteiger partial charge < -0.3 is 16.0 Å². The lowest BCUT2D eigenvalue weighted by Crippen LogP contribution is -2.35. The molecule has 0 radical (unpaired) electrons. The molecule has 1 atom stereocenters. The fourth-order valence-corrected chi connectivity index (χ4v) is 3.51. The van der Waals surface area contributed by atoms with Crippen molar-refractivity contribution in [3.05, 3.63) is 24.7 Å². The molecule has 0 aromatic carbocycles. The minimum absolute atomic E-state index is 0.0853. The van der Waals surface area contributed by atoms with Gasteiger partial charge in [0.1, 0.15) is 12.4 Å². The van der Waals surface area contributed by atoms with Crippen LogP contribution in [0.1, 0.15) is 33.1 Å². The van der Waals surface area contributed by atoms with Crippen molar-refractivity contribution < 1.29 is 4.79 Å². The molecule has 160 valence electrons. The van der Waals surface area contributed by atoms with E-state index < -0.39 is 0 Å². The van der Waals surface area contributed by atoms with Gasteiger partial charge in [-0.1, -0.05) is 0 Å². The fraction of sp³-hybridized carbons (Fsp3) is 0.550. The minimum Gasteiger partial charge on any atom is -0.368 e. The number of rotatable bonds is 10. The summed E-state index contributed by atoms with van der Waals surface area (Å²) < 4.78 is 1.57. The number of carbonyl (C=O) groups is 1. The van der Waals surface area contributed by atoms with E-state index in [1.807, 2.05) is 19.9 Å². The van der Waals surface area contributed by atoms with E-state index in [1.54, 1.807) is 23.3 Å². The van der Waals surface area contributed by atoms with E-state index in [-0.39, 0.29) is 18.5 Å². The molecule has 3 N–H and O–H groups in total. The van der Waals surface area contributed by atoms with Gasteiger partial charge in [-0.05, 0) is 39.3 Å². The van der Waals surface area contributed by atoms with Crippen molar-refractivity contribution in [3.8, 4) is 6.07 Å². The molecule has 1 saturated heterocycles. The highest BCUT2D eigenvalue weighted by atomic mass is 16.2. The molecule has 1 fully saturated rings. The van der Waals surface area contributed by atoms with Crippen LogP contribution in [0.2, 0.25) is 0 Å². The molecule has 3 rings (SSSR count). The molecule has 0 saturated carbocycles. The van der Waals surface area contributed by atoms with Gasteiger partial charge in [-0.15, -0.1) is 0 Å². The number of hydrogen-bond donors (Lipinski definition) is 3. The predicted octanol–water partition coefficient (Wildman–Crippen LogP) is 1.73. The third-order valence-corrected chi connectivity index (χ3v) is 4.83. The average Bonchev–Trinajstić information content (AvgIpc) is 3.33. The molecule has 0 bridgehead atoms. The van der Waals surface area contributed by atoms with Crippen molar-refractivity contribution in [3.63, 3.8) is 0 Å². The summed E-state index contributed by atoms with van der Waals surface area (Å²) in [6.45, 7) is 6.64. The van der Waals surface area contributed by atoms with E-state index in [4.69, 9.17) is 5.26 Å². The molecule has 1 amide bonds. The molecule has 2 aromatic rings. The number of carbonyl (C=O) groups excluding carboxylic acids is 1. The van der Waals surface area contributed by atoms with Crippen LogP contribution < -0.4 is 16.0 Å². The molecule has 10 nitrogen and oxygen atoms in total. The molecule has 0 aliphatic carbocycles. The number of nitrogens with zero attached hydrogens (tertiary/aromatic N) is 6. The van der Waals surface area contributed by atoms with Crippen LogP contribution in [-0.4, -0.2) is 62.3 Å². The number of aromatic nitrogens is 4. The Kier molecular flexibility index (Phi) is 7.57. The topological polar surface area (TPSA) is 124 Å². The Balaban J connectivity index is 1.52. The molecule has 1 aliphatic rings. The number of anilines is 3. The third-order valence-electron chi connectivity index (χ3n) is 4.83. The lowest BCUT2D eigenvalue weighted by atomic mass is 10.2. The van der Waals surface area contributed by atoms with Gasteiger partial charge in [0.15, 0.2) is 0 Å². The van der Waals surface area contributed by atoms with Gasteiger partial charge in [-0.3, -0.25) is 14.4 Å². The Labute approximate surface area is 176 Å². The smallest absolute Gasteiger partial charge is 0.241 e. The van der Waals surface area contributed by atoms with Crippen LogP contribution in [0.25, 0.3) is 0 Å². The fourth-order valence-electron chi connectivity index (χ4n) is 3.51. The van der Waals surface area contributed by atoms with Crippen molar-refractivity contribution in [2.24, 2.45) is 0 Å². The zero-order chi connectivity index (χ0) is 21.3. The van der Waals surface area contributed by atoms with E-state index >= 15 is 0 Å². The molecular formula is C20H29N9O. The van der Waals surface area contributed by atoms with Crippen LogP contribution in [0.3, 0.4) is 0 Å². The zero-order valence-corrected chi connectivity index (χ0v) is 17.5. The second-order valence-corrected chi connectivity index (χ2v) is 7.66. The van der Waals surface area contributed by atoms with Crippen LogP contribution in [0.5, 0.6) is 0 Å². The normalized spacial score (nSPS) is 16.4. The zero-order valence-electron chi connectivity index (χ0n) is 17.5. The van der Waals surface area contributed by atoms with Crippen molar-refractivity contribution in [2.75, 3.05) is 30.3 Å². The predicted molar refractivity (Wildman–Crippen MR) is 114 cm³/mol. The summed E-state index contributed by atoms with van der Waals surface area (Å²) in [4.78, 5) is 23.0. The molecular weight excluding hydrogens is 382 g/mol. The van der Waals surface area contributed by atoms with Crippen molar-refractivity contribution in [2.45, 2.75) is 51.7 Å². The van der Waals surface area contributed by atoms with Gasteiger partial charge in [0, 0.05) is 44.0 Å². The van der Waals surface area contributed by atoms with Gasteiger partial charge in [0.05, 0.1) is 18.0 Å². The maximum atomic E-state index is 11.9. The summed E-state index contributed by atoms with van der Waals surface area (Å²) in [5.41, 5.74) is 0.711.